The fourth-order valence-electron chi connectivity index (χ4n) is 1.64. The number of aryl methyl sites for hydroxylation is 1. The lowest BCUT2D eigenvalue weighted by Gasteiger charge is -2.14. The minimum Gasteiger partial charge on any atom is -0.487 e. The Kier molecular flexibility index (Phi) is 4.29. The molecule has 108 valence electrons. The molecule has 0 aliphatic heterocycles. The van der Waals surface area contributed by atoms with Crippen LogP contribution in [0.3, 0.4) is 0 Å². The van der Waals surface area contributed by atoms with Crippen molar-refractivity contribution < 1.29 is 23.0 Å². The first-order valence-corrected chi connectivity index (χ1v) is 6.57. The molecule has 1 aromatic carbocycles. The first-order chi connectivity index (χ1) is 9.40. The van der Waals surface area contributed by atoms with E-state index in [0.717, 1.165) is 16.0 Å². The van der Waals surface area contributed by atoms with Crippen LogP contribution < -0.4 is 4.74 Å². The topological polar surface area (TPSA) is 42.4 Å². The van der Waals surface area contributed by atoms with E-state index in [4.69, 9.17) is 9.84 Å². The molecular formula is C13H12F3NO2S. The number of thiazole rings is 1. The van der Waals surface area contributed by atoms with Crippen molar-refractivity contribution in [2.24, 2.45) is 0 Å². The number of halogens is 3. The lowest BCUT2D eigenvalue weighted by atomic mass is 10.1. The molecule has 2 aromatic rings. The Bertz CT molecular complexity index is 596. The third-order valence-corrected chi connectivity index (χ3v) is 3.46. The summed E-state index contributed by atoms with van der Waals surface area (Å²) in [5.41, 5.74) is -0.691. The van der Waals surface area contributed by atoms with E-state index in [2.05, 4.69) is 4.98 Å². The van der Waals surface area contributed by atoms with Crippen molar-refractivity contribution in [1.29, 1.82) is 0 Å². The van der Waals surface area contributed by atoms with Crippen LogP contribution in [-0.2, 0) is 19.4 Å². The van der Waals surface area contributed by atoms with Crippen LogP contribution in [0.1, 0.15) is 21.0 Å². The summed E-state index contributed by atoms with van der Waals surface area (Å²) in [7, 11) is 0. The zero-order valence-electron chi connectivity index (χ0n) is 10.6. The highest BCUT2D eigenvalue weighted by Crippen LogP contribution is 2.37. The number of aliphatic hydroxyl groups excluding tert-OH is 1. The van der Waals surface area contributed by atoms with E-state index in [-0.39, 0.29) is 17.9 Å². The van der Waals surface area contributed by atoms with Crippen molar-refractivity contribution in [3.05, 3.63) is 45.4 Å². The van der Waals surface area contributed by atoms with Gasteiger partial charge in [0.15, 0.2) is 0 Å². The summed E-state index contributed by atoms with van der Waals surface area (Å²) in [6, 6.07) is 3.53. The summed E-state index contributed by atoms with van der Waals surface area (Å²) in [6.07, 6.45) is -2.94. The molecule has 0 radical (unpaired) electrons. The Morgan fingerprint density at radius 3 is 2.65 bits per heavy atom. The van der Waals surface area contributed by atoms with E-state index in [1.165, 1.54) is 23.5 Å². The molecule has 1 aromatic heterocycles. The third kappa shape index (κ3) is 3.49. The number of aromatic nitrogens is 1. The summed E-state index contributed by atoms with van der Waals surface area (Å²) in [4.78, 5) is 4.76. The van der Waals surface area contributed by atoms with Crippen LogP contribution in [0.5, 0.6) is 5.75 Å². The highest BCUT2D eigenvalue weighted by molar-refractivity contribution is 7.11. The number of rotatable bonds is 4. The molecule has 3 nitrogen and oxygen atoms in total. The molecule has 1 heterocycles. The standard InChI is InChI=1S/C13H12F3NO2S/c1-8-17-5-10(20-8)7-19-12-3-2-9(6-18)4-11(12)13(14,15)16/h2-5,18H,6-7H2,1H3. The van der Waals surface area contributed by atoms with Gasteiger partial charge in [0.25, 0.3) is 0 Å². The molecule has 0 spiro atoms. The average molecular weight is 303 g/mol. The van der Waals surface area contributed by atoms with Gasteiger partial charge in [0.1, 0.15) is 12.4 Å². The predicted molar refractivity (Wildman–Crippen MR) is 68.5 cm³/mol. The van der Waals surface area contributed by atoms with Gasteiger partial charge in [0.2, 0.25) is 0 Å². The fraction of sp³-hybridized carbons (Fsp3) is 0.308. The van der Waals surface area contributed by atoms with Crippen molar-refractivity contribution >= 4 is 11.3 Å². The Morgan fingerprint density at radius 1 is 1.35 bits per heavy atom. The first kappa shape index (κ1) is 14.8. The van der Waals surface area contributed by atoms with E-state index in [0.29, 0.717) is 0 Å². The normalized spacial score (nSPS) is 11.7. The van der Waals surface area contributed by atoms with Crippen LogP contribution in [0.2, 0.25) is 0 Å². The summed E-state index contributed by atoms with van der Waals surface area (Å²) in [5, 5.41) is 9.74. The summed E-state index contributed by atoms with van der Waals surface area (Å²) >= 11 is 1.37. The molecule has 0 bridgehead atoms. The second-order valence-electron chi connectivity index (χ2n) is 4.12. The minimum absolute atomic E-state index is 0.0348. The van der Waals surface area contributed by atoms with Crippen molar-refractivity contribution in [3.8, 4) is 5.75 Å². The van der Waals surface area contributed by atoms with Gasteiger partial charge in [-0.3, -0.25) is 0 Å². The Hall–Kier alpha value is -1.60. The van der Waals surface area contributed by atoms with Gasteiger partial charge in [-0.2, -0.15) is 13.2 Å². The summed E-state index contributed by atoms with van der Waals surface area (Å²) < 4.78 is 44.0. The molecule has 0 saturated heterocycles. The lowest BCUT2D eigenvalue weighted by Crippen LogP contribution is -2.09. The van der Waals surface area contributed by atoms with Gasteiger partial charge in [-0.15, -0.1) is 11.3 Å². The second-order valence-corrected chi connectivity index (χ2v) is 5.44. The van der Waals surface area contributed by atoms with Crippen molar-refractivity contribution in [2.45, 2.75) is 26.3 Å². The van der Waals surface area contributed by atoms with E-state index in [1.807, 2.05) is 6.92 Å². The van der Waals surface area contributed by atoms with Gasteiger partial charge in [-0.25, -0.2) is 4.98 Å². The molecule has 0 saturated carbocycles. The van der Waals surface area contributed by atoms with Crippen LogP contribution in [0.25, 0.3) is 0 Å². The number of aliphatic hydroxyl groups is 1. The SMILES string of the molecule is Cc1ncc(COc2ccc(CO)cc2C(F)(F)F)s1. The van der Waals surface area contributed by atoms with Gasteiger partial charge >= 0.3 is 6.18 Å². The monoisotopic (exact) mass is 303 g/mol. The lowest BCUT2D eigenvalue weighted by molar-refractivity contribution is -0.139. The minimum atomic E-state index is -4.52. The third-order valence-electron chi connectivity index (χ3n) is 2.57. The molecular weight excluding hydrogens is 291 g/mol. The summed E-state index contributed by atoms with van der Waals surface area (Å²) in [5.74, 6) is -0.249. The zero-order valence-corrected chi connectivity index (χ0v) is 11.4. The zero-order chi connectivity index (χ0) is 14.8. The highest BCUT2D eigenvalue weighted by atomic mass is 32.1. The molecule has 2 rings (SSSR count). The Balaban J connectivity index is 2.22. The van der Waals surface area contributed by atoms with Crippen LogP contribution in [-0.4, -0.2) is 10.1 Å². The quantitative estimate of drug-likeness (QED) is 0.939. The molecule has 0 unspecified atom stereocenters. The molecule has 1 N–H and O–H groups in total. The van der Waals surface area contributed by atoms with E-state index in [9.17, 15) is 13.2 Å². The summed E-state index contributed by atoms with van der Waals surface area (Å²) in [6.45, 7) is 1.40. The number of alkyl halides is 3. The Labute approximate surface area is 117 Å². The molecule has 0 amide bonds. The van der Waals surface area contributed by atoms with Crippen LogP contribution >= 0.6 is 11.3 Å². The molecule has 0 atom stereocenters. The highest BCUT2D eigenvalue weighted by Gasteiger charge is 2.34. The smallest absolute Gasteiger partial charge is 0.419 e. The van der Waals surface area contributed by atoms with Gasteiger partial charge in [-0.1, -0.05) is 6.07 Å². The van der Waals surface area contributed by atoms with Gasteiger partial charge in [0.05, 0.1) is 22.1 Å². The molecule has 0 aliphatic rings. The van der Waals surface area contributed by atoms with Crippen molar-refractivity contribution in [3.63, 3.8) is 0 Å². The fourth-order valence-corrected chi connectivity index (χ4v) is 2.35. The van der Waals surface area contributed by atoms with E-state index < -0.39 is 18.3 Å². The van der Waals surface area contributed by atoms with Crippen molar-refractivity contribution in [1.82, 2.24) is 4.98 Å². The van der Waals surface area contributed by atoms with Crippen LogP contribution in [0, 0.1) is 6.92 Å². The van der Waals surface area contributed by atoms with E-state index >= 15 is 0 Å². The first-order valence-electron chi connectivity index (χ1n) is 5.75. The second kappa shape index (κ2) is 5.80. The Morgan fingerprint density at radius 2 is 2.10 bits per heavy atom. The number of hydrogen-bond donors (Lipinski definition) is 1. The largest absolute Gasteiger partial charge is 0.487 e. The number of hydrogen-bond acceptors (Lipinski definition) is 4. The number of ether oxygens (including phenoxy) is 1. The maximum Gasteiger partial charge on any atom is 0.419 e. The molecule has 20 heavy (non-hydrogen) atoms. The number of benzene rings is 1. The van der Waals surface area contributed by atoms with Crippen LogP contribution in [0.15, 0.2) is 24.4 Å². The van der Waals surface area contributed by atoms with E-state index in [1.54, 1.807) is 6.20 Å². The average Bonchev–Trinajstić information content (AvgIpc) is 2.81. The number of nitrogens with zero attached hydrogens (tertiary/aromatic N) is 1. The molecule has 0 fully saturated rings. The van der Waals surface area contributed by atoms with Crippen LogP contribution in [0.4, 0.5) is 13.2 Å². The predicted octanol–water partition coefficient (Wildman–Crippen LogP) is 3.54. The van der Waals surface area contributed by atoms with Crippen molar-refractivity contribution in [2.75, 3.05) is 0 Å². The van der Waals surface area contributed by atoms with Gasteiger partial charge in [-0.05, 0) is 24.6 Å². The van der Waals surface area contributed by atoms with Gasteiger partial charge < -0.3 is 9.84 Å². The maximum absolute atomic E-state index is 12.9. The maximum atomic E-state index is 12.9. The van der Waals surface area contributed by atoms with Gasteiger partial charge in [0, 0.05) is 6.20 Å². The molecule has 0 aliphatic carbocycles. The molecule has 7 heteroatoms.